The van der Waals surface area contributed by atoms with Crippen molar-refractivity contribution in [2.45, 2.75) is 0 Å². The van der Waals surface area contributed by atoms with Crippen LogP contribution in [0.5, 0.6) is 0 Å². The van der Waals surface area contributed by atoms with Gasteiger partial charge in [0.1, 0.15) is 16.7 Å². The fourth-order valence-electron chi connectivity index (χ4n) is 8.54. The molecule has 0 aliphatic heterocycles. The van der Waals surface area contributed by atoms with Crippen molar-refractivity contribution in [3.05, 3.63) is 182 Å². The first-order valence-electron chi connectivity index (χ1n) is 19.0. The smallest absolute Gasteiger partial charge is 0.164 e. The Morgan fingerprint density at radius 2 is 0.930 bits per heavy atom. The van der Waals surface area contributed by atoms with Gasteiger partial charge in [-0.05, 0) is 59.7 Å². The Balaban J connectivity index is 1.14. The minimum absolute atomic E-state index is 0.557. The molecule has 0 spiro atoms. The van der Waals surface area contributed by atoms with E-state index in [1.807, 2.05) is 54.6 Å². The number of para-hydroxylation sites is 3. The Labute approximate surface area is 325 Å². The maximum Gasteiger partial charge on any atom is 0.164 e. The number of hydrogen-bond donors (Lipinski definition) is 0. The second-order valence-electron chi connectivity index (χ2n) is 14.3. The largest absolute Gasteiger partial charge is 0.456 e. The zero-order chi connectivity index (χ0) is 37.5. The van der Waals surface area contributed by atoms with E-state index in [-0.39, 0.29) is 0 Å². The summed E-state index contributed by atoms with van der Waals surface area (Å²) >= 11 is 0. The molecule has 0 atom stereocenters. The summed E-state index contributed by atoms with van der Waals surface area (Å²) in [4.78, 5) is 15.8. The van der Waals surface area contributed by atoms with Crippen molar-refractivity contribution in [2.75, 3.05) is 0 Å². The molecule has 0 unspecified atom stereocenters. The third-order valence-corrected chi connectivity index (χ3v) is 11.1. The summed E-state index contributed by atoms with van der Waals surface area (Å²) in [5.74, 6) is 1.70. The van der Waals surface area contributed by atoms with Crippen LogP contribution >= 0.6 is 0 Å². The van der Waals surface area contributed by atoms with E-state index in [2.05, 4.69) is 132 Å². The fraction of sp³-hybridized carbons (Fsp3) is 0. The van der Waals surface area contributed by atoms with Gasteiger partial charge in [0, 0.05) is 54.7 Å². The molecule has 0 amide bonds. The maximum atomic E-state index is 6.91. The SMILES string of the molecule is c1ccc(-c2cccc(-c3nc(-c4cccc5oc6ccccc6c45)nc(-c4cccc5oc6c(ccc7c8ccccc8n(-c8ccccc8)c76)c45)n3)c2)cc1. The number of rotatable bonds is 5. The minimum Gasteiger partial charge on any atom is -0.456 e. The number of nitrogens with zero attached hydrogens (tertiary/aromatic N) is 4. The predicted molar refractivity (Wildman–Crippen MR) is 230 cm³/mol. The predicted octanol–water partition coefficient (Wildman–Crippen LogP) is 13.4. The Bertz CT molecular complexity index is 3530. The summed E-state index contributed by atoms with van der Waals surface area (Å²) in [6, 6.07) is 62.5. The molecule has 12 aromatic rings. The molecule has 6 heteroatoms. The van der Waals surface area contributed by atoms with Gasteiger partial charge in [0.15, 0.2) is 23.1 Å². The van der Waals surface area contributed by atoms with E-state index in [9.17, 15) is 0 Å². The highest BCUT2D eigenvalue weighted by Gasteiger charge is 2.23. The van der Waals surface area contributed by atoms with Crippen LogP contribution in [0.25, 0.3) is 117 Å². The molecule has 0 fully saturated rings. The second-order valence-corrected chi connectivity index (χ2v) is 14.3. The average molecular weight is 731 g/mol. The Hall–Kier alpha value is -7.83. The van der Waals surface area contributed by atoms with Crippen LogP contribution in [0.1, 0.15) is 0 Å². The van der Waals surface area contributed by atoms with Gasteiger partial charge < -0.3 is 13.4 Å². The molecule has 0 radical (unpaired) electrons. The quantitative estimate of drug-likeness (QED) is 0.176. The van der Waals surface area contributed by atoms with Crippen LogP contribution in [0, 0.1) is 0 Å². The van der Waals surface area contributed by atoms with Crippen LogP contribution in [0.2, 0.25) is 0 Å². The minimum atomic E-state index is 0.557. The number of benzene rings is 8. The lowest BCUT2D eigenvalue weighted by molar-refractivity contribution is 0.669. The van der Waals surface area contributed by atoms with Crippen molar-refractivity contribution in [2.24, 2.45) is 0 Å². The highest BCUT2D eigenvalue weighted by atomic mass is 16.3. The first-order chi connectivity index (χ1) is 28.3. The zero-order valence-corrected chi connectivity index (χ0v) is 30.4. The summed E-state index contributed by atoms with van der Waals surface area (Å²) in [5, 5.41) is 6.23. The van der Waals surface area contributed by atoms with Gasteiger partial charge in [0.05, 0.1) is 11.0 Å². The van der Waals surface area contributed by atoms with E-state index in [0.29, 0.717) is 17.5 Å². The monoisotopic (exact) mass is 730 g/mol. The lowest BCUT2D eigenvalue weighted by Crippen LogP contribution is -2.01. The number of aromatic nitrogens is 4. The van der Waals surface area contributed by atoms with Gasteiger partial charge in [-0.2, -0.15) is 0 Å². The molecule has 12 rings (SSSR count). The topological polar surface area (TPSA) is 69.9 Å². The molecule has 4 heterocycles. The van der Waals surface area contributed by atoms with E-state index in [4.69, 9.17) is 23.8 Å². The summed E-state index contributed by atoms with van der Waals surface area (Å²) in [7, 11) is 0. The average Bonchev–Trinajstić information content (AvgIpc) is 3.97. The van der Waals surface area contributed by atoms with Crippen molar-refractivity contribution in [1.82, 2.24) is 19.5 Å². The van der Waals surface area contributed by atoms with Crippen molar-refractivity contribution >= 4 is 65.7 Å². The standard InChI is InChI=1S/C51H30N4O2/c1-3-14-31(15-4-1)32-16-11-17-33(30-32)49-52-50(39-22-12-26-43-45(39)37-21-8-10-25-42(37)56-43)54-51(53-49)40-23-13-27-44-46(40)38-29-28-36-35-20-7-9-24-41(35)55(47(36)48(38)57-44)34-18-5-2-6-19-34/h1-30H. The van der Waals surface area contributed by atoms with Gasteiger partial charge >= 0.3 is 0 Å². The summed E-state index contributed by atoms with van der Waals surface area (Å²) in [6.45, 7) is 0. The maximum absolute atomic E-state index is 6.91. The van der Waals surface area contributed by atoms with E-state index in [1.165, 1.54) is 5.39 Å². The number of fused-ring (bicyclic) bond motifs is 10. The molecule has 0 bridgehead atoms. The highest BCUT2D eigenvalue weighted by molar-refractivity contribution is 6.23. The molecule has 0 N–H and O–H groups in total. The molecule has 266 valence electrons. The van der Waals surface area contributed by atoms with Gasteiger partial charge in [0.2, 0.25) is 0 Å². The van der Waals surface area contributed by atoms with Crippen LogP contribution in [0.3, 0.4) is 0 Å². The molecule has 57 heavy (non-hydrogen) atoms. The lowest BCUT2D eigenvalue weighted by atomic mass is 10.0. The third kappa shape index (κ3) is 4.87. The van der Waals surface area contributed by atoms with Gasteiger partial charge in [-0.15, -0.1) is 0 Å². The van der Waals surface area contributed by atoms with Gasteiger partial charge in [-0.3, -0.25) is 0 Å². The lowest BCUT2D eigenvalue weighted by Gasteiger charge is -2.11. The molecule has 4 aromatic heterocycles. The molecular formula is C51H30N4O2. The van der Waals surface area contributed by atoms with Crippen molar-refractivity contribution in [3.63, 3.8) is 0 Å². The zero-order valence-electron chi connectivity index (χ0n) is 30.4. The normalized spacial score (nSPS) is 11.9. The Morgan fingerprint density at radius 1 is 0.368 bits per heavy atom. The van der Waals surface area contributed by atoms with Crippen LogP contribution in [-0.2, 0) is 0 Å². The van der Waals surface area contributed by atoms with Crippen molar-refractivity contribution in [3.8, 4) is 51.0 Å². The van der Waals surface area contributed by atoms with Gasteiger partial charge in [0.25, 0.3) is 0 Å². The third-order valence-electron chi connectivity index (χ3n) is 11.1. The summed E-state index contributed by atoms with van der Waals surface area (Å²) in [5.41, 5.74) is 11.2. The van der Waals surface area contributed by atoms with Gasteiger partial charge in [-0.25, -0.2) is 15.0 Å². The first-order valence-corrected chi connectivity index (χ1v) is 19.0. The summed E-state index contributed by atoms with van der Waals surface area (Å²) in [6.07, 6.45) is 0. The van der Waals surface area contributed by atoms with Crippen LogP contribution in [0.4, 0.5) is 0 Å². The molecule has 8 aromatic carbocycles. The number of furan rings is 2. The molecule has 0 aliphatic carbocycles. The molecule has 6 nitrogen and oxygen atoms in total. The Morgan fingerprint density at radius 3 is 1.72 bits per heavy atom. The first kappa shape index (κ1) is 31.5. The summed E-state index contributed by atoms with van der Waals surface area (Å²) < 4.78 is 15.5. The van der Waals surface area contributed by atoms with E-state index >= 15 is 0 Å². The van der Waals surface area contributed by atoms with Crippen LogP contribution in [-0.4, -0.2) is 19.5 Å². The number of hydrogen-bond acceptors (Lipinski definition) is 5. The van der Waals surface area contributed by atoms with Crippen molar-refractivity contribution in [1.29, 1.82) is 0 Å². The highest BCUT2D eigenvalue weighted by Crippen LogP contribution is 2.43. The van der Waals surface area contributed by atoms with Gasteiger partial charge in [-0.1, -0.05) is 133 Å². The van der Waals surface area contributed by atoms with E-state index in [1.54, 1.807) is 0 Å². The van der Waals surface area contributed by atoms with Crippen LogP contribution < -0.4 is 0 Å². The van der Waals surface area contributed by atoms with Crippen molar-refractivity contribution < 1.29 is 8.83 Å². The molecule has 0 aliphatic rings. The Kier molecular flexibility index (Phi) is 6.83. The van der Waals surface area contributed by atoms with Crippen LogP contribution in [0.15, 0.2) is 191 Å². The van der Waals surface area contributed by atoms with E-state index in [0.717, 1.165) is 93.8 Å². The fourth-order valence-corrected chi connectivity index (χ4v) is 8.54. The second kappa shape index (κ2) is 12.3. The molecule has 0 saturated carbocycles. The van der Waals surface area contributed by atoms with E-state index < -0.39 is 0 Å². The molecule has 0 saturated heterocycles. The molecular weight excluding hydrogens is 701 g/mol.